The highest BCUT2D eigenvalue weighted by molar-refractivity contribution is 5.37. The van der Waals surface area contributed by atoms with E-state index in [4.69, 9.17) is 0 Å². The van der Waals surface area contributed by atoms with Crippen molar-refractivity contribution in [2.24, 2.45) is 0 Å². The molecule has 0 aromatic heterocycles. The van der Waals surface area contributed by atoms with Crippen LogP contribution >= 0.6 is 0 Å². The first kappa shape index (κ1) is 12.1. The van der Waals surface area contributed by atoms with E-state index in [9.17, 15) is 8.78 Å². The highest BCUT2D eigenvalue weighted by Gasteiger charge is 2.05. The summed E-state index contributed by atoms with van der Waals surface area (Å²) in [4.78, 5) is 0. The number of rotatable bonds is 4. The Morgan fingerprint density at radius 2 is 1.67 bits per heavy atom. The molecule has 84 valence electrons. The fourth-order valence-electron chi connectivity index (χ4n) is 1.80. The standard InChI is InChI=1S/C12H17F2N/c1-8-4-9(2)11(10(3)5-8)6-15-7-12(13)14/h4-5,12,15H,6-7H2,1-3H3. The van der Waals surface area contributed by atoms with Crippen LogP contribution in [0.2, 0.25) is 0 Å². The van der Waals surface area contributed by atoms with Gasteiger partial charge in [0.15, 0.2) is 0 Å². The van der Waals surface area contributed by atoms with Gasteiger partial charge in [-0.25, -0.2) is 8.78 Å². The first-order chi connectivity index (χ1) is 7.00. The Morgan fingerprint density at radius 1 is 1.13 bits per heavy atom. The Bertz CT molecular complexity index is 311. The lowest BCUT2D eigenvalue weighted by molar-refractivity contribution is 0.145. The van der Waals surface area contributed by atoms with Gasteiger partial charge in [0.2, 0.25) is 0 Å². The molecule has 0 unspecified atom stereocenters. The molecule has 0 spiro atoms. The van der Waals surface area contributed by atoms with E-state index in [0.717, 1.165) is 16.7 Å². The van der Waals surface area contributed by atoms with E-state index in [1.165, 1.54) is 5.56 Å². The fraction of sp³-hybridized carbons (Fsp3) is 0.500. The second kappa shape index (κ2) is 5.21. The summed E-state index contributed by atoms with van der Waals surface area (Å²) in [6, 6.07) is 4.15. The lowest BCUT2D eigenvalue weighted by Crippen LogP contribution is -2.21. The van der Waals surface area contributed by atoms with E-state index in [0.29, 0.717) is 6.54 Å². The van der Waals surface area contributed by atoms with Crippen molar-refractivity contribution in [3.8, 4) is 0 Å². The first-order valence-electron chi connectivity index (χ1n) is 5.06. The average Bonchev–Trinajstić information content (AvgIpc) is 2.08. The van der Waals surface area contributed by atoms with Crippen LogP contribution in [-0.2, 0) is 6.54 Å². The van der Waals surface area contributed by atoms with Crippen LogP contribution < -0.4 is 5.32 Å². The zero-order chi connectivity index (χ0) is 11.4. The molecule has 0 saturated carbocycles. The van der Waals surface area contributed by atoms with Gasteiger partial charge in [-0.3, -0.25) is 0 Å². The molecule has 0 radical (unpaired) electrons. The van der Waals surface area contributed by atoms with Crippen molar-refractivity contribution >= 4 is 0 Å². The molecule has 1 nitrogen and oxygen atoms in total. The SMILES string of the molecule is Cc1cc(C)c(CNCC(F)F)c(C)c1. The molecule has 0 aliphatic carbocycles. The predicted octanol–water partition coefficient (Wildman–Crippen LogP) is 2.97. The smallest absolute Gasteiger partial charge is 0.250 e. The van der Waals surface area contributed by atoms with Crippen molar-refractivity contribution in [3.63, 3.8) is 0 Å². The average molecular weight is 213 g/mol. The maximum absolute atomic E-state index is 11.9. The topological polar surface area (TPSA) is 12.0 Å². The van der Waals surface area contributed by atoms with Gasteiger partial charge >= 0.3 is 0 Å². The number of halogens is 2. The van der Waals surface area contributed by atoms with Gasteiger partial charge in [-0.2, -0.15) is 0 Å². The van der Waals surface area contributed by atoms with Crippen molar-refractivity contribution in [3.05, 3.63) is 34.4 Å². The van der Waals surface area contributed by atoms with Crippen molar-refractivity contribution in [1.29, 1.82) is 0 Å². The van der Waals surface area contributed by atoms with Crippen LogP contribution in [0.1, 0.15) is 22.3 Å². The number of aryl methyl sites for hydroxylation is 3. The van der Waals surface area contributed by atoms with Gasteiger partial charge in [-0.15, -0.1) is 0 Å². The predicted molar refractivity (Wildman–Crippen MR) is 58.4 cm³/mol. The summed E-state index contributed by atoms with van der Waals surface area (Å²) in [5.41, 5.74) is 4.66. The van der Waals surface area contributed by atoms with Crippen molar-refractivity contribution in [2.75, 3.05) is 6.54 Å². The van der Waals surface area contributed by atoms with E-state index in [1.54, 1.807) is 0 Å². The Kier molecular flexibility index (Phi) is 4.21. The van der Waals surface area contributed by atoms with Gasteiger partial charge in [0, 0.05) is 6.54 Å². The number of hydrogen-bond donors (Lipinski definition) is 1. The van der Waals surface area contributed by atoms with Crippen molar-refractivity contribution in [2.45, 2.75) is 33.7 Å². The fourth-order valence-corrected chi connectivity index (χ4v) is 1.80. The lowest BCUT2D eigenvalue weighted by atomic mass is 10.00. The van der Waals surface area contributed by atoms with E-state index in [2.05, 4.69) is 17.4 Å². The Labute approximate surface area is 89.5 Å². The zero-order valence-electron chi connectivity index (χ0n) is 9.40. The number of hydrogen-bond acceptors (Lipinski definition) is 1. The first-order valence-corrected chi connectivity index (χ1v) is 5.06. The summed E-state index contributed by atoms with van der Waals surface area (Å²) >= 11 is 0. The molecule has 15 heavy (non-hydrogen) atoms. The summed E-state index contributed by atoms with van der Waals surface area (Å²) in [5, 5.41) is 2.75. The third-order valence-electron chi connectivity index (χ3n) is 2.44. The van der Waals surface area contributed by atoms with Crippen molar-refractivity contribution in [1.82, 2.24) is 5.32 Å². The van der Waals surface area contributed by atoms with Crippen LogP contribution in [0, 0.1) is 20.8 Å². The van der Waals surface area contributed by atoms with Crippen LogP contribution in [0.3, 0.4) is 0 Å². The zero-order valence-corrected chi connectivity index (χ0v) is 9.40. The van der Waals surface area contributed by atoms with E-state index in [1.807, 2.05) is 20.8 Å². The molecule has 1 aromatic rings. The number of benzene rings is 1. The van der Waals surface area contributed by atoms with Gasteiger partial charge in [0.25, 0.3) is 6.43 Å². The van der Waals surface area contributed by atoms with Crippen LogP contribution in [0.15, 0.2) is 12.1 Å². The lowest BCUT2D eigenvalue weighted by Gasteiger charge is -2.12. The monoisotopic (exact) mass is 213 g/mol. The highest BCUT2D eigenvalue weighted by Crippen LogP contribution is 2.15. The van der Waals surface area contributed by atoms with E-state index in [-0.39, 0.29) is 6.54 Å². The molecule has 1 rings (SSSR count). The molecule has 0 aliphatic rings. The molecule has 1 N–H and O–H groups in total. The Balaban J connectivity index is 2.68. The van der Waals surface area contributed by atoms with Crippen LogP contribution in [0.4, 0.5) is 8.78 Å². The Morgan fingerprint density at radius 3 is 2.13 bits per heavy atom. The molecule has 0 saturated heterocycles. The largest absolute Gasteiger partial charge is 0.307 e. The van der Waals surface area contributed by atoms with Gasteiger partial charge in [-0.05, 0) is 37.5 Å². The van der Waals surface area contributed by atoms with Crippen LogP contribution in [-0.4, -0.2) is 13.0 Å². The Hall–Kier alpha value is -0.960. The van der Waals surface area contributed by atoms with Crippen molar-refractivity contribution < 1.29 is 8.78 Å². The minimum Gasteiger partial charge on any atom is -0.307 e. The highest BCUT2D eigenvalue weighted by atomic mass is 19.3. The minimum absolute atomic E-state index is 0.243. The van der Waals surface area contributed by atoms with Crippen LogP contribution in [0.5, 0.6) is 0 Å². The molecule has 1 aromatic carbocycles. The third-order valence-corrected chi connectivity index (χ3v) is 2.44. The second-order valence-electron chi connectivity index (χ2n) is 3.90. The third kappa shape index (κ3) is 3.59. The molecule has 0 atom stereocenters. The summed E-state index contributed by atoms with van der Waals surface area (Å²) in [7, 11) is 0. The molecule has 0 aliphatic heterocycles. The quantitative estimate of drug-likeness (QED) is 0.810. The van der Waals surface area contributed by atoms with Crippen LogP contribution in [0.25, 0.3) is 0 Å². The molecule has 0 fully saturated rings. The molecular weight excluding hydrogens is 196 g/mol. The second-order valence-corrected chi connectivity index (χ2v) is 3.90. The normalized spacial score (nSPS) is 11.1. The molecule has 3 heteroatoms. The van der Waals surface area contributed by atoms with Gasteiger partial charge in [0.05, 0.1) is 6.54 Å². The minimum atomic E-state index is -2.28. The molecule has 0 bridgehead atoms. The van der Waals surface area contributed by atoms with Gasteiger partial charge < -0.3 is 5.32 Å². The number of alkyl halides is 2. The molecule has 0 amide bonds. The maximum Gasteiger partial charge on any atom is 0.250 e. The molecular formula is C12H17F2N. The molecule has 0 heterocycles. The summed E-state index contributed by atoms with van der Waals surface area (Å²) < 4.78 is 23.9. The van der Waals surface area contributed by atoms with E-state index < -0.39 is 6.43 Å². The van der Waals surface area contributed by atoms with Gasteiger partial charge in [-0.1, -0.05) is 17.7 Å². The number of nitrogens with one attached hydrogen (secondary N) is 1. The van der Waals surface area contributed by atoms with Gasteiger partial charge in [0.1, 0.15) is 0 Å². The summed E-state index contributed by atoms with van der Waals surface area (Å²) in [5.74, 6) is 0. The summed E-state index contributed by atoms with van der Waals surface area (Å²) in [6.45, 7) is 6.34. The summed E-state index contributed by atoms with van der Waals surface area (Å²) in [6.07, 6.45) is -2.28. The maximum atomic E-state index is 11.9. The van der Waals surface area contributed by atoms with E-state index >= 15 is 0 Å².